The molecular formula is C9H18OS. The van der Waals surface area contributed by atoms with Gasteiger partial charge >= 0.3 is 0 Å². The topological polar surface area (TPSA) is 17.1 Å². The van der Waals surface area contributed by atoms with Crippen molar-refractivity contribution in [3.05, 3.63) is 12.7 Å². The van der Waals surface area contributed by atoms with Crippen LogP contribution in [0, 0.1) is 0 Å². The predicted octanol–water partition coefficient (Wildman–Crippen LogP) is 3.22. The number of rotatable bonds is 4. The van der Waals surface area contributed by atoms with E-state index in [0.717, 1.165) is 0 Å². The van der Waals surface area contributed by atoms with Crippen molar-refractivity contribution < 1.29 is 4.79 Å². The summed E-state index contributed by atoms with van der Waals surface area (Å²) in [6.45, 7) is 7.24. The fourth-order valence-electron chi connectivity index (χ4n) is 0.539. The van der Waals surface area contributed by atoms with Gasteiger partial charge in [-0.3, -0.25) is 4.79 Å². The van der Waals surface area contributed by atoms with Crippen LogP contribution in [-0.2, 0) is 4.79 Å². The third-order valence-corrected chi connectivity index (χ3v) is 1.01. The summed E-state index contributed by atoms with van der Waals surface area (Å²) in [6, 6.07) is 0. The number of hydrogen-bond donors (Lipinski definition) is 1. The quantitative estimate of drug-likeness (QED) is 0.393. The van der Waals surface area contributed by atoms with Crippen LogP contribution in [0.2, 0.25) is 0 Å². The first-order chi connectivity index (χ1) is 5.15. The fraction of sp³-hybridized carbons (Fsp3) is 0.667. The van der Waals surface area contributed by atoms with Crippen LogP contribution in [0.15, 0.2) is 12.7 Å². The van der Waals surface area contributed by atoms with Crippen molar-refractivity contribution in [2.24, 2.45) is 0 Å². The zero-order valence-corrected chi connectivity index (χ0v) is 8.36. The molecule has 0 N–H and O–H groups in total. The first-order valence-electron chi connectivity index (χ1n) is 3.95. The van der Waals surface area contributed by atoms with Crippen LogP contribution in [0.3, 0.4) is 0 Å². The minimum Gasteiger partial charge on any atom is -0.288 e. The fourth-order valence-corrected chi connectivity index (χ4v) is 0.539. The van der Waals surface area contributed by atoms with Crippen molar-refractivity contribution in [2.75, 3.05) is 0 Å². The molecule has 0 unspecified atom stereocenters. The minimum absolute atomic E-state index is 0.139. The van der Waals surface area contributed by atoms with Gasteiger partial charge < -0.3 is 0 Å². The number of allylic oxidation sites excluding steroid dienone is 1. The zero-order valence-electron chi connectivity index (χ0n) is 7.47. The molecule has 0 rings (SSSR count). The van der Waals surface area contributed by atoms with Gasteiger partial charge in [-0.1, -0.05) is 25.8 Å². The Kier molecular flexibility index (Phi) is 15.1. The van der Waals surface area contributed by atoms with E-state index in [-0.39, 0.29) is 5.12 Å². The summed E-state index contributed by atoms with van der Waals surface area (Å²) in [6.07, 6.45) is 7.16. The van der Waals surface area contributed by atoms with Crippen molar-refractivity contribution in [3.63, 3.8) is 0 Å². The maximum Gasteiger partial charge on any atom is 0.182 e. The molecule has 11 heavy (non-hydrogen) atoms. The lowest BCUT2D eigenvalue weighted by atomic mass is 10.2. The molecule has 0 aromatic carbocycles. The molecule has 0 aromatic rings. The second kappa shape index (κ2) is 12.4. The van der Waals surface area contributed by atoms with Crippen LogP contribution >= 0.6 is 12.6 Å². The smallest absolute Gasteiger partial charge is 0.182 e. The molecule has 0 aromatic heterocycles. The highest BCUT2D eigenvalue weighted by atomic mass is 32.1. The van der Waals surface area contributed by atoms with E-state index < -0.39 is 0 Å². The van der Waals surface area contributed by atoms with Gasteiger partial charge in [0.2, 0.25) is 0 Å². The summed E-state index contributed by atoms with van der Waals surface area (Å²) in [4.78, 5) is 9.31. The molecule has 0 amide bonds. The molecule has 0 aliphatic carbocycles. The first-order valence-corrected chi connectivity index (χ1v) is 4.40. The number of unbranched alkanes of at least 4 members (excludes halogenated alkanes) is 3. The number of carbonyl (C=O) groups excluding carboxylic acids is 1. The highest BCUT2D eigenvalue weighted by Crippen LogP contribution is 1.97. The average Bonchev–Trinajstić information content (AvgIpc) is 1.88. The Morgan fingerprint density at radius 1 is 1.55 bits per heavy atom. The van der Waals surface area contributed by atoms with Gasteiger partial charge in [0.05, 0.1) is 0 Å². The van der Waals surface area contributed by atoms with Gasteiger partial charge in [0.1, 0.15) is 0 Å². The Labute approximate surface area is 75.3 Å². The summed E-state index contributed by atoms with van der Waals surface area (Å²) >= 11 is 3.33. The van der Waals surface area contributed by atoms with Gasteiger partial charge in [0, 0.05) is 6.92 Å². The maximum atomic E-state index is 9.31. The lowest BCUT2D eigenvalue weighted by molar-refractivity contribution is -0.108. The van der Waals surface area contributed by atoms with Crippen LogP contribution in [0.4, 0.5) is 0 Å². The molecule has 0 spiro atoms. The highest BCUT2D eigenvalue weighted by Gasteiger charge is 1.77. The van der Waals surface area contributed by atoms with Gasteiger partial charge in [-0.05, 0) is 12.8 Å². The van der Waals surface area contributed by atoms with Crippen LogP contribution in [0.5, 0.6) is 0 Å². The third kappa shape index (κ3) is 41.6. The molecule has 0 saturated carbocycles. The standard InChI is InChI=1S/C7H14.C2H4OS/c1-3-5-7-6-4-2;1-2(3)4/h3H,1,4-7H2,2H3;1H3,(H,3,4). The second-order valence-corrected chi connectivity index (χ2v) is 2.93. The molecule has 0 saturated heterocycles. The van der Waals surface area contributed by atoms with Crippen LogP contribution in [0.25, 0.3) is 0 Å². The Morgan fingerprint density at radius 2 is 2.00 bits per heavy atom. The summed E-state index contributed by atoms with van der Waals surface area (Å²) in [5.41, 5.74) is 0. The molecular weight excluding hydrogens is 156 g/mol. The first kappa shape index (κ1) is 13.4. The van der Waals surface area contributed by atoms with E-state index in [0.29, 0.717) is 0 Å². The Bertz CT molecular complexity index is 95.7. The van der Waals surface area contributed by atoms with E-state index in [2.05, 4.69) is 26.1 Å². The zero-order chi connectivity index (χ0) is 9.11. The molecule has 0 bridgehead atoms. The molecule has 0 aliphatic rings. The van der Waals surface area contributed by atoms with E-state index in [4.69, 9.17) is 0 Å². The molecule has 0 heterocycles. The van der Waals surface area contributed by atoms with E-state index >= 15 is 0 Å². The summed E-state index contributed by atoms with van der Waals surface area (Å²) in [5, 5.41) is -0.139. The van der Waals surface area contributed by atoms with E-state index in [9.17, 15) is 4.79 Å². The lowest BCUT2D eigenvalue weighted by Crippen LogP contribution is -1.67. The van der Waals surface area contributed by atoms with Gasteiger partial charge in [0.15, 0.2) is 5.12 Å². The van der Waals surface area contributed by atoms with Crippen LogP contribution in [0.1, 0.15) is 39.5 Å². The molecule has 0 atom stereocenters. The van der Waals surface area contributed by atoms with Gasteiger partial charge in [-0.25, -0.2) is 0 Å². The number of carbonyl (C=O) groups is 1. The van der Waals surface area contributed by atoms with E-state index in [1.54, 1.807) is 0 Å². The van der Waals surface area contributed by atoms with Crippen molar-refractivity contribution in [2.45, 2.75) is 39.5 Å². The third-order valence-electron chi connectivity index (χ3n) is 1.01. The Morgan fingerprint density at radius 3 is 2.27 bits per heavy atom. The molecule has 2 heteroatoms. The predicted molar refractivity (Wildman–Crippen MR) is 54.0 cm³/mol. The van der Waals surface area contributed by atoms with Gasteiger partial charge in [-0.15, -0.1) is 19.2 Å². The maximum absolute atomic E-state index is 9.31. The minimum atomic E-state index is -0.139. The SMILES string of the molecule is C=CCCCCC.CC(=O)S. The largest absolute Gasteiger partial charge is 0.288 e. The monoisotopic (exact) mass is 174 g/mol. The average molecular weight is 174 g/mol. The number of hydrogen-bond acceptors (Lipinski definition) is 1. The van der Waals surface area contributed by atoms with Crippen molar-refractivity contribution in [3.8, 4) is 0 Å². The molecule has 0 aliphatic heterocycles. The summed E-state index contributed by atoms with van der Waals surface area (Å²) < 4.78 is 0. The molecule has 0 radical (unpaired) electrons. The van der Waals surface area contributed by atoms with Crippen LogP contribution < -0.4 is 0 Å². The normalized spacial score (nSPS) is 7.91. The van der Waals surface area contributed by atoms with Crippen molar-refractivity contribution in [1.29, 1.82) is 0 Å². The molecule has 0 fully saturated rings. The van der Waals surface area contributed by atoms with Gasteiger partial charge in [0.25, 0.3) is 0 Å². The summed E-state index contributed by atoms with van der Waals surface area (Å²) in [5.74, 6) is 0. The second-order valence-electron chi connectivity index (χ2n) is 2.30. The molecule has 66 valence electrons. The van der Waals surface area contributed by atoms with Crippen molar-refractivity contribution >= 4 is 17.7 Å². The Balaban J connectivity index is 0. The van der Waals surface area contributed by atoms with Gasteiger partial charge in [-0.2, -0.15) is 0 Å². The van der Waals surface area contributed by atoms with Crippen LogP contribution in [-0.4, -0.2) is 5.12 Å². The van der Waals surface area contributed by atoms with Crippen molar-refractivity contribution in [1.82, 2.24) is 0 Å². The van der Waals surface area contributed by atoms with E-state index in [1.807, 2.05) is 6.08 Å². The lowest BCUT2D eigenvalue weighted by Gasteiger charge is -1.87. The molecule has 1 nitrogen and oxygen atoms in total. The highest BCUT2D eigenvalue weighted by molar-refractivity contribution is 7.96. The summed E-state index contributed by atoms with van der Waals surface area (Å²) in [7, 11) is 0. The Hall–Kier alpha value is -0.240. The number of thiol groups is 1. The van der Waals surface area contributed by atoms with E-state index in [1.165, 1.54) is 32.6 Å².